The van der Waals surface area contributed by atoms with Crippen LogP contribution in [0.1, 0.15) is 51.0 Å². The molecule has 30 heavy (non-hydrogen) atoms. The lowest BCUT2D eigenvalue weighted by atomic mass is 9.92. The van der Waals surface area contributed by atoms with Crippen molar-refractivity contribution in [2.75, 3.05) is 45.9 Å². The van der Waals surface area contributed by atoms with Crippen LogP contribution in [0, 0.1) is 5.92 Å². The third-order valence-corrected chi connectivity index (χ3v) is 7.26. The summed E-state index contributed by atoms with van der Waals surface area (Å²) in [7, 11) is 0. The van der Waals surface area contributed by atoms with Crippen LogP contribution in [0.5, 0.6) is 0 Å². The highest BCUT2D eigenvalue weighted by Gasteiger charge is 2.35. The maximum Gasteiger partial charge on any atom is 0.227 e. The van der Waals surface area contributed by atoms with Gasteiger partial charge in [0.15, 0.2) is 0 Å². The van der Waals surface area contributed by atoms with Crippen molar-refractivity contribution in [3.05, 3.63) is 30.1 Å². The van der Waals surface area contributed by atoms with Crippen molar-refractivity contribution in [3.63, 3.8) is 0 Å². The fourth-order valence-electron chi connectivity index (χ4n) is 5.56. The fourth-order valence-corrected chi connectivity index (χ4v) is 5.56. The molecule has 0 radical (unpaired) electrons. The summed E-state index contributed by atoms with van der Waals surface area (Å²) in [6.07, 6.45) is 10.4. The normalized spacial score (nSPS) is 25.3. The molecule has 0 aromatic carbocycles. The second kappa shape index (κ2) is 10.7. The van der Waals surface area contributed by atoms with Crippen molar-refractivity contribution in [2.24, 2.45) is 5.92 Å². The first kappa shape index (κ1) is 21.7. The summed E-state index contributed by atoms with van der Waals surface area (Å²) in [5, 5.41) is 0. The Morgan fingerprint density at radius 3 is 2.67 bits per heavy atom. The van der Waals surface area contributed by atoms with E-state index in [9.17, 15) is 4.79 Å². The van der Waals surface area contributed by atoms with Gasteiger partial charge < -0.3 is 9.64 Å². The van der Waals surface area contributed by atoms with E-state index in [1.54, 1.807) is 0 Å². The number of pyridine rings is 1. The average Bonchev–Trinajstić information content (AvgIpc) is 2.81. The van der Waals surface area contributed by atoms with Crippen LogP contribution < -0.4 is 0 Å². The van der Waals surface area contributed by atoms with Crippen LogP contribution in [0.3, 0.4) is 0 Å². The van der Waals surface area contributed by atoms with E-state index in [2.05, 4.69) is 32.7 Å². The van der Waals surface area contributed by atoms with Crippen molar-refractivity contribution in [2.45, 2.75) is 64.1 Å². The standard InChI is InChI=1S/C24H38N4O2/c1-2-28(23-9-15-30-16-10-23)24(29)21-6-4-12-27(19-21)22-7-13-26(14-8-22)18-20-5-3-11-25-17-20/h3,5,11,17,21-23H,2,4,6-10,12-16,18-19H2,1H3. The number of nitrogens with zero attached hydrogens (tertiary/aromatic N) is 4. The maximum atomic E-state index is 13.4. The van der Waals surface area contributed by atoms with E-state index >= 15 is 0 Å². The minimum Gasteiger partial charge on any atom is -0.381 e. The van der Waals surface area contributed by atoms with Gasteiger partial charge in [-0.25, -0.2) is 0 Å². The van der Waals surface area contributed by atoms with Gasteiger partial charge in [0.1, 0.15) is 0 Å². The lowest BCUT2D eigenvalue weighted by molar-refractivity contribution is -0.141. The van der Waals surface area contributed by atoms with Crippen LogP contribution in [0.4, 0.5) is 0 Å². The number of carbonyl (C=O) groups excluding carboxylic acids is 1. The molecule has 1 amide bonds. The molecular formula is C24H38N4O2. The first-order chi connectivity index (χ1) is 14.7. The van der Waals surface area contributed by atoms with Crippen LogP contribution in [0.15, 0.2) is 24.5 Å². The highest BCUT2D eigenvalue weighted by molar-refractivity contribution is 5.79. The Balaban J connectivity index is 1.28. The number of hydrogen-bond acceptors (Lipinski definition) is 5. The number of piperidine rings is 2. The molecule has 3 aliphatic rings. The Kier molecular flexibility index (Phi) is 7.74. The molecular weight excluding hydrogens is 376 g/mol. The summed E-state index contributed by atoms with van der Waals surface area (Å²) in [4.78, 5) is 24.9. The first-order valence-corrected chi connectivity index (χ1v) is 12.0. The second-order valence-electron chi connectivity index (χ2n) is 9.17. The second-order valence-corrected chi connectivity index (χ2v) is 9.17. The molecule has 3 aliphatic heterocycles. The zero-order valence-corrected chi connectivity index (χ0v) is 18.5. The molecule has 4 heterocycles. The summed E-state index contributed by atoms with van der Waals surface area (Å²) >= 11 is 0. The van der Waals surface area contributed by atoms with Crippen LogP contribution in [0.2, 0.25) is 0 Å². The third kappa shape index (κ3) is 5.40. The Morgan fingerprint density at radius 1 is 1.17 bits per heavy atom. The third-order valence-electron chi connectivity index (χ3n) is 7.26. The molecule has 0 spiro atoms. The van der Waals surface area contributed by atoms with Crippen molar-refractivity contribution < 1.29 is 9.53 Å². The summed E-state index contributed by atoms with van der Waals surface area (Å²) in [5.74, 6) is 0.568. The number of hydrogen-bond donors (Lipinski definition) is 0. The summed E-state index contributed by atoms with van der Waals surface area (Å²) < 4.78 is 5.51. The van der Waals surface area contributed by atoms with Gasteiger partial charge in [0.25, 0.3) is 0 Å². The molecule has 0 N–H and O–H groups in total. The molecule has 3 fully saturated rings. The molecule has 6 nitrogen and oxygen atoms in total. The molecule has 1 atom stereocenters. The van der Waals surface area contributed by atoms with Gasteiger partial charge in [-0.15, -0.1) is 0 Å². The first-order valence-electron chi connectivity index (χ1n) is 12.0. The summed E-state index contributed by atoms with van der Waals surface area (Å²) in [5.41, 5.74) is 1.30. The number of ether oxygens (including phenoxy) is 1. The van der Waals surface area contributed by atoms with E-state index in [4.69, 9.17) is 4.74 Å². The monoisotopic (exact) mass is 414 g/mol. The highest BCUT2D eigenvalue weighted by Crippen LogP contribution is 2.27. The van der Waals surface area contributed by atoms with Gasteiger partial charge in [-0.3, -0.25) is 19.6 Å². The minimum atomic E-state index is 0.176. The number of rotatable bonds is 6. The molecule has 0 saturated carbocycles. The van der Waals surface area contributed by atoms with Gasteiger partial charge in [-0.05, 0) is 76.7 Å². The van der Waals surface area contributed by atoms with Crippen LogP contribution >= 0.6 is 0 Å². The maximum absolute atomic E-state index is 13.4. The summed E-state index contributed by atoms with van der Waals surface area (Å²) in [6, 6.07) is 5.19. The molecule has 3 saturated heterocycles. The molecule has 4 rings (SSSR count). The smallest absolute Gasteiger partial charge is 0.227 e. The Bertz CT molecular complexity index is 656. The molecule has 6 heteroatoms. The van der Waals surface area contributed by atoms with Gasteiger partial charge in [0.05, 0.1) is 5.92 Å². The van der Waals surface area contributed by atoms with Gasteiger partial charge in [0.2, 0.25) is 5.91 Å². The number of aromatic nitrogens is 1. The zero-order chi connectivity index (χ0) is 20.8. The number of amides is 1. The largest absolute Gasteiger partial charge is 0.381 e. The molecule has 166 valence electrons. The van der Waals surface area contributed by atoms with Gasteiger partial charge in [-0.1, -0.05) is 6.07 Å². The van der Waals surface area contributed by atoms with Crippen molar-refractivity contribution in [3.8, 4) is 0 Å². The average molecular weight is 415 g/mol. The quantitative estimate of drug-likeness (QED) is 0.716. The molecule has 0 aliphatic carbocycles. The summed E-state index contributed by atoms with van der Waals surface area (Å²) in [6.45, 7) is 9.92. The Labute approximate surface area is 181 Å². The van der Waals surface area contributed by atoms with Crippen LogP contribution in [0.25, 0.3) is 0 Å². The van der Waals surface area contributed by atoms with Gasteiger partial charge in [0, 0.05) is 57.3 Å². The fraction of sp³-hybridized carbons (Fsp3) is 0.750. The van der Waals surface area contributed by atoms with Crippen LogP contribution in [-0.2, 0) is 16.1 Å². The lowest BCUT2D eigenvalue weighted by Gasteiger charge is -2.43. The molecule has 0 bridgehead atoms. The van der Waals surface area contributed by atoms with E-state index in [0.717, 1.165) is 78.2 Å². The van der Waals surface area contributed by atoms with Gasteiger partial charge >= 0.3 is 0 Å². The van der Waals surface area contributed by atoms with Crippen molar-refractivity contribution in [1.82, 2.24) is 19.7 Å². The zero-order valence-electron chi connectivity index (χ0n) is 18.5. The van der Waals surface area contributed by atoms with E-state index in [0.29, 0.717) is 18.0 Å². The Morgan fingerprint density at radius 2 is 1.97 bits per heavy atom. The van der Waals surface area contributed by atoms with E-state index in [1.165, 1.54) is 18.4 Å². The van der Waals surface area contributed by atoms with Gasteiger partial charge in [-0.2, -0.15) is 0 Å². The van der Waals surface area contributed by atoms with E-state index < -0.39 is 0 Å². The molecule has 1 aromatic heterocycles. The number of likely N-dealkylation sites (tertiary alicyclic amines) is 2. The van der Waals surface area contributed by atoms with Crippen LogP contribution in [-0.4, -0.2) is 83.6 Å². The van der Waals surface area contributed by atoms with Crippen molar-refractivity contribution >= 4 is 5.91 Å². The van der Waals surface area contributed by atoms with E-state index in [1.807, 2.05) is 18.5 Å². The molecule has 1 aromatic rings. The van der Waals surface area contributed by atoms with E-state index in [-0.39, 0.29) is 5.92 Å². The molecule has 1 unspecified atom stereocenters. The SMILES string of the molecule is CCN(C(=O)C1CCCN(C2CCN(Cc3cccnc3)CC2)C1)C1CCOCC1. The van der Waals surface area contributed by atoms with Crippen molar-refractivity contribution in [1.29, 1.82) is 0 Å². The topological polar surface area (TPSA) is 48.9 Å². The minimum absolute atomic E-state index is 0.176. The predicted octanol–water partition coefficient (Wildman–Crippen LogP) is 2.79. The predicted molar refractivity (Wildman–Crippen MR) is 118 cm³/mol. The Hall–Kier alpha value is -1.50. The highest BCUT2D eigenvalue weighted by atomic mass is 16.5. The number of carbonyl (C=O) groups is 1. The lowest BCUT2D eigenvalue weighted by Crippen LogP contribution is -2.53.